The minimum Gasteiger partial charge on any atom is -0.390 e. The topological polar surface area (TPSA) is 128 Å². The highest BCUT2D eigenvalue weighted by atomic mass is 16.3. The summed E-state index contributed by atoms with van der Waals surface area (Å²) in [4.78, 5) is 6.31. The van der Waals surface area contributed by atoms with Crippen molar-refractivity contribution in [1.29, 1.82) is 0 Å². The number of nitrogens with zero attached hydrogens (tertiary/aromatic N) is 4. The lowest BCUT2D eigenvalue weighted by Gasteiger charge is -2.15. The number of aliphatic hydroxyl groups is 2. The van der Waals surface area contributed by atoms with E-state index < -0.39 is 12.2 Å². The zero-order valence-corrected chi connectivity index (χ0v) is 7.85. The van der Waals surface area contributed by atoms with Crippen LogP contribution in [-0.4, -0.2) is 27.8 Å². The second-order valence-electron chi connectivity index (χ2n) is 2.91. The van der Waals surface area contributed by atoms with E-state index in [1.807, 2.05) is 0 Å². The van der Waals surface area contributed by atoms with E-state index in [1.54, 1.807) is 12.1 Å². The summed E-state index contributed by atoms with van der Waals surface area (Å²) in [6.07, 6.45) is -2.39. The lowest BCUT2D eigenvalue weighted by Crippen LogP contribution is -2.22. The maximum Gasteiger partial charge on any atom is 0.123 e. The number of nitrogen functional groups attached to an aromatic ring is 1. The standard InChI is InChI=1S/C8H11N5O2/c9-7-3-1-2-5(12-7)8(15)6(14)4-11-13-10/h1-3,6,8,14-15H,4H2,(H2,9,12). The summed E-state index contributed by atoms with van der Waals surface area (Å²) in [7, 11) is 0. The van der Waals surface area contributed by atoms with Gasteiger partial charge in [0.2, 0.25) is 0 Å². The molecule has 15 heavy (non-hydrogen) atoms. The Morgan fingerprint density at radius 1 is 1.53 bits per heavy atom. The molecule has 0 fully saturated rings. The zero-order valence-electron chi connectivity index (χ0n) is 7.85. The van der Waals surface area contributed by atoms with Crippen molar-refractivity contribution in [3.63, 3.8) is 0 Å². The predicted molar refractivity (Wildman–Crippen MR) is 53.6 cm³/mol. The fraction of sp³-hybridized carbons (Fsp3) is 0.375. The van der Waals surface area contributed by atoms with E-state index in [0.717, 1.165) is 0 Å². The Hall–Kier alpha value is -1.82. The number of pyridine rings is 1. The Morgan fingerprint density at radius 2 is 2.27 bits per heavy atom. The van der Waals surface area contributed by atoms with Gasteiger partial charge in [0.15, 0.2) is 0 Å². The van der Waals surface area contributed by atoms with Crippen LogP contribution in [0.3, 0.4) is 0 Å². The molecule has 1 aromatic rings. The van der Waals surface area contributed by atoms with Crippen molar-refractivity contribution in [1.82, 2.24) is 4.98 Å². The molecule has 4 N–H and O–H groups in total. The maximum atomic E-state index is 9.59. The third-order valence-electron chi connectivity index (χ3n) is 1.79. The van der Waals surface area contributed by atoms with Crippen LogP contribution in [0.5, 0.6) is 0 Å². The number of hydrogen-bond donors (Lipinski definition) is 3. The highest BCUT2D eigenvalue weighted by Crippen LogP contribution is 2.15. The van der Waals surface area contributed by atoms with Crippen LogP contribution in [-0.2, 0) is 0 Å². The van der Waals surface area contributed by atoms with Gasteiger partial charge in [-0.25, -0.2) is 4.98 Å². The van der Waals surface area contributed by atoms with Crippen LogP contribution in [0.1, 0.15) is 11.8 Å². The average molecular weight is 209 g/mol. The van der Waals surface area contributed by atoms with Crippen molar-refractivity contribution in [3.05, 3.63) is 34.3 Å². The van der Waals surface area contributed by atoms with Gasteiger partial charge in [-0.3, -0.25) is 0 Å². The van der Waals surface area contributed by atoms with E-state index in [1.165, 1.54) is 6.07 Å². The second-order valence-corrected chi connectivity index (χ2v) is 2.91. The van der Waals surface area contributed by atoms with Crippen molar-refractivity contribution in [3.8, 4) is 0 Å². The first-order chi connectivity index (χ1) is 7.15. The third-order valence-corrected chi connectivity index (χ3v) is 1.79. The molecule has 2 unspecified atom stereocenters. The highest BCUT2D eigenvalue weighted by molar-refractivity contribution is 5.29. The first-order valence-electron chi connectivity index (χ1n) is 4.24. The lowest BCUT2D eigenvalue weighted by molar-refractivity contribution is 0.0219. The van der Waals surface area contributed by atoms with E-state index in [0.29, 0.717) is 0 Å². The SMILES string of the molecule is [N-]=[N+]=NCC(O)C(O)c1cccc(N)n1. The largest absolute Gasteiger partial charge is 0.390 e. The Bertz CT molecular complexity index is 377. The van der Waals surface area contributed by atoms with Crippen LogP contribution < -0.4 is 5.73 Å². The minimum atomic E-state index is -1.21. The van der Waals surface area contributed by atoms with Gasteiger partial charge in [-0.1, -0.05) is 11.2 Å². The number of nitrogens with two attached hydrogens (primary N) is 1. The molecular formula is C8H11N5O2. The molecule has 0 aliphatic heterocycles. The van der Waals surface area contributed by atoms with Crippen LogP contribution >= 0.6 is 0 Å². The molecule has 0 saturated heterocycles. The Labute approximate surface area is 85.8 Å². The molecule has 1 rings (SSSR count). The molecule has 2 atom stereocenters. The van der Waals surface area contributed by atoms with E-state index in [2.05, 4.69) is 15.0 Å². The first-order valence-corrected chi connectivity index (χ1v) is 4.24. The third kappa shape index (κ3) is 3.10. The van der Waals surface area contributed by atoms with E-state index >= 15 is 0 Å². The summed E-state index contributed by atoms with van der Waals surface area (Å²) in [5, 5.41) is 22.1. The smallest absolute Gasteiger partial charge is 0.123 e. The molecule has 0 spiro atoms. The van der Waals surface area contributed by atoms with E-state index in [-0.39, 0.29) is 18.1 Å². The van der Waals surface area contributed by atoms with Crippen LogP contribution in [0.25, 0.3) is 10.4 Å². The fourth-order valence-electron chi connectivity index (χ4n) is 1.05. The fourth-order valence-corrected chi connectivity index (χ4v) is 1.05. The Morgan fingerprint density at radius 3 is 2.87 bits per heavy atom. The molecule has 0 aliphatic carbocycles. The van der Waals surface area contributed by atoms with Crippen molar-refractivity contribution in [2.75, 3.05) is 12.3 Å². The van der Waals surface area contributed by atoms with Gasteiger partial charge in [-0.15, -0.1) is 0 Å². The monoisotopic (exact) mass is 209 g/mol. The van der Waals surface area contributed by atoms with Gasteiger partial charge in [0.25, 0.3) is 0 Å². The van der Waals surface area contributed by atoms with Crippen LogP contribution in [0.4, 0.5) is 5.82 Å². The Kier molecular flexibility index (Phi) is 3.87. The van der Waals surface area contributed by atoms with Crippen LogP contribution in [0.15, 0.2) is 23.3 Å². The molecule has 7 heteroatoms. The van der Waals surface area contributed by atoms with Gasteiger partial charge in [-0.05, 0) is 17.7 Å². The number of azide groups is 1. The number of hydrogen-bond acceptors (Lipinski definition) is 5. The van der Waals surface area contributed by atoms with Crippen molar-refractivity contribution in [2.45, 2.75) is 12.2 Å². The highest BCUT2D eigenvalue weighted by Gasteiger charge is 2.18. The van der Waals surface area contributed by atoms with Gasteiger partial charge in [0.1, 0.15) is 11.9 Å². The number of aliphatic hydroxyl groups excluding tert-OH is 2. The quantitative estimate of drug-likeness (QED) is 0.375. The molecule has 80 valence electrons. The number of aromatic nitrogens is 1. The molecule has 1 heterocycles. The predicted octanol–water partition coefficient (Wildman–Crippen LogP) is 0.368. The lowest BCUT2D eigenvalue weighted by atomic mass is 10.1. The summed E-state index contributed by atoms with van der Waals surface area (Å²) in [5.74, 6) is 0.252. The average Bonchev–Trinajstić information content (AvgIpc) is 2.24. The summed E-state index contributed by atoms with van der Waals surface area (Å²) >= 11 is 0. The summed E-state index contributed by atoms with van der Waals surface area (Å²) < 4.78 is 0. The molecule has 0 amide bonds. The molecule has 0 aliphatic rings. The molecule has 0 aromatic carbocycles. The Balaban J connectivity index is 2.75. The van der Waals surface area contributed by atoms with Crippen molar-refractivity contribution in [2.24, 2.45) is 5.11 Å². The minimum absolute atomic E-state index is 0.214. The second kappa shape index (κ2) is 5.16. The zero-order chi connectivity index (χ0) is 11.3. The van der Waals surface area contributed by atoms with Gasteiger partial charge in [-0.2, -0.15) is 0 Å². The molecular weight excluding hydrogens is 198 g/mol. The number of rotatable bonds is 4. The molecule has 7 nitrogen and oxygen atoms in total. The van der Waals surface area contributed by atoms with Crippen LogP contribution in [0.2, 0.25) is 0 Å². The van der Waals surface area contributed by atoms with E-state index in [4.69, 9.17) is 11.3 Å². The van der Waals surface area contributed by atoms with Crippen molar-refractivity contribution >= 4 is 5.82 Å². The normalized spacial score (nSPS) is 14.0. The van der Waals surface area contributed by atoms with Crippen LogP contribution in [0, 0.1) is 0 Å². The van der Waals surface area contributed by atoms with Gasteiger partial charge >= 0.3 is 0 Å². The first kappa shape index (κ1) is 11.3. The summed E-state index contributed by atoms with van der Waals surface area (Å²) in [6, 6.07) is 4.71. The molecule has 0 bridgehead atoms. The maximum absolute atomic E-state index is 9.59. The van der Waals surface area contributed by atoms with E-state index in [9.17, 15) is 10.2 Å². The number of anilines is 1. The molecule has 0 saturated carbocycles. The summed E-state index contributed by atoms with van der Waals surface area (Å²) in [5.41, 5.74) is 13.7. The summed E-state index contributed by atoms with van der Waals surface area (Å²) in [6.45, 7) is -0.214. The van der Waals surface area contributed by atoms with Gasteiger partial charge in [0.05, 0.1) is 18.3 Å². The van der Waals surface area contributed by atoms with Crippen molar-refractivity contribution < 1.29 is 10.2 Å². The van der Waals surface area contributed by atoms with Gasteiger partial charge < -0.3 is 15.9 Å². The van der Waals surface area contributed by atoms with Gasteiger partial charge in [0, 0.05) is 4.91 Å². The molecule has 1 aromatic heterocycles. The molecule has 0 radical (unpaired) electrons.